The molecule has 1 heterocycles. The lowest BCUT2D eigenvalue weighted by atomic mass is 9.86. The molecule has 0 saturated heterocycles. The Morgan fingerprint density at radius 2 is 1.88 bits per heavy atom. The fourth-order valence-corrected chi connectivity index (χ4v) is 3.93. The number of carbonyl (C=O) groups is 1. The third-order valence-electron chi connectivity index (χ3n) is 4.37. The molecule has 3 rings (SSSR count). The standard InChI is InChI=1S/C20H22BrNO2S/c1-20(2)17-13-15(7-10-18(17)22-19(20)23)24-11-3-4-12-25-16-8-5-14(21)6-9-16/h5-10,13H,3-4,11-12H2,1-2H3,(H,22,23). The maximum Gasteiger partial charge on any atom is 0.234 e. The average molecular weight is 420 g/mol. The van der Waals surface area contributed by atoms with Gasteiger partial charge in [-0.15, -0.1) is 11.8 Å². The Labute approximate surface area is 161 Å². The summed E-state index contributed by atoms with van der Waals surface area (Å²) in [6.07, 6.45) is 2.12. The third-order valence-corrected chi connectivity index (χ3v) is 6.00. The quantitative estimate of drug-likeness (QED) is 0.466. The lowest BCUT2D eigenvalue weighted by Gasteiger charge is -2.16. The first-order chi connectivity index (χ1) is 12.0. The number of rotatable bonds is 7. The van der Waals surface area contributed by atoms with Gasteiger partial charge in [0.1, 0.15) is 5.75 Å². The third kappa shape index (κ3) is 4.39. The molecule has 1 aliphatic heterocycles. The van der Waals surface area contributed by atoms with E-state index in [1.54, 1.807) is 0 Å². The Balaban J connectivity index is 1.42. The summed E-state index contributed by atoms with van der Waals surface area (Å²) in [6.45, 7) is 4.58. The van der Waals surface area contributed by atoms with Crippen LogP contribution in [0.25, 0.3) is 0 Å². The molecule has 1 amide bonds. The molecular formula is C20H22BrNO2S. The highest BCUT2D eigenvalue weighted by atomic mass is 79.9. The van der Waals surface area contributed by atoms with E-state index in [1.807, 2.05) is 43.8 Å². The summed E-state index contributed by atoms with van der Waals surface area (Å²) in [5, 5.41) is 2.92. The van der Waals surface area contributed by atoms with E-state index in [0.717, 1.165) is 40.1 Å². The maximum atomic E-state index is 12.0. The Bertz CT molecular complexity index is 759. The van der Waals surface area contributed by atoms with Crippen LogP contribution in [0, 0.1) is 0 Å². The van der Waals surface area contributed by atoms with Crippen molar-refractivity contribution in [2.45, 2.75) is 37.0 Å². The molecule has 0 radical (unpaired) electrons. The highest BCUT2D eigenvalue weighted by molar-refractivity contribution is 9.10. The van der Waals surface area contributed by atoms with Crippen molar-refractivity contribution >= 4 is 39.3 Å². The topological polar surface area (TPSA) is 38.3 Å². The van der Waals surface area contributed by atoms with Crippen molar-refractivity contribution in [2.75, 3.05) is 17.7 Å². The van der Waals surface area contributed by atoms with Crippen LogP contribution in [-0.2, 0) is 10.2 Å². The highest BCUT2D eigenvalue weighted by Gasteiger charge is 2.38. The van der Waals surface area contributed by atoms with Crippen LogP contribution in [0.1, 0.15) is 32.3 Å². The van der Waals surface area contributed by atoms with Crippen LogP contribution >= 0.6 is 27.7 Å². The van der Waals surface area contributed by atoms with Gasteiger partial charge in [-0.2, -0.15) is 0 Å². The zero-order valence-corrected chi connectivity index (χ0v) is 16.9. The molecule has 0 bridgehead atoms. The van der Waals surface area contributed by atoms with Gasteiger partial charge in [0.05, 0.1) is 12.0 Å². The minimum absolute atomic E-state index is 0.0459. The van der Waals surface area contributed by atoms with E-state index in [0.29, 0.717) is 6.61 Å². The largest absolute Gasteiger partial charge is 0.494 e. The first-order valence-electron chi connectivity index (χ1n) is 8.44. The van der Waals surface area contributed by atoms with Gasteiger partial charge >= 0.3 is 0 Å². The molecule has 0 atom stereocenters. The number of halogens is 1. The molecule has 2 aromatic carbocycles. The zero-order valence-electron chi connectivity index (χ0n) is 14.5. The van der Waals surface area contributed by atoms with Gasteiger partial charge in [0.2, 0.25) is 5.91 Å². The Morgan fingerprint density at radius 1 is 1.12 bits per heavy atom. The molecule has 0 aromatic heterocycles. The van der Waals surface area contributed by atoms with Crippen LogP contribution in [0.5, 0.6) is 5.75 Å². The van der Waals surface area contributed by atoms with Crippen molar-refractivity contribution in [3.8, 4) is 5.75 Å². The second-order valence-corrected chi connectivity index (χ2v) is 8.73. The lowest BCUT2D eigenvalue weighted by Crippen LogP contribution is -2.26. The molecule has 0 aliphatic carbocycles. The van der Waals surface area contributed by atoms with E-state index in [9.17, 15) is 4.79 Å². The number of carbonyl (C=O) groups excluding carboxylic acids is 1. The monoisotopic (exact) mass is 419 g/mol. The van der Waals surface area contributed by atoms with Crippen molar-refractivity contribution in [1.82, 2.24) is 0 Å². The molecule has 1 aliphatic rings. The second-order valence-electron chi connectivity index (χ2n) is 6.64. The number of hydrogen-bond donors (Lipinski definition) is 1. The van der Waals surface area contributed by atoms with Crippen molar-refractivity contribution in [3.63, 3.8) is 0 Å². The smallest absolute Gasteiger partial charge is 0.234 e. The summed E-state index contributed by atoms with van der Waals surface area (Å²) >= 11 is 5.32. The van der Waals surface area contributed by atoms with E-state index in [-0.39, 0.29) is 5.91 Å². The summed E-state index contributed by atoms with van der Waals surface area (Å²) in [6, 6.07) is 14.3. The van der Waals surface area contributed by atoms with Gasteiger partial charge in [-0.3, -0.25) is 4.79 Å². The van der Waals surface area contributed by atoms with Gasteiger partial charge in [-0.25, -0.2) is 0 Å². The summed E-state index contributed by atoms with van der Waals surface area (Å²) in [5.74, 6) is 1.97. The van der Waals surface area contributed by atoms with Gasteiger partial charge in [-0.05, 0) is 80.5 Å². The molecule has 0 unspecified atom stereocenters. The number of benzene rings is 2. The van der Waals surface area contributed by atoms with Gasteiger partial charge in [-0.1, -0.05) is 15.9 Å². The van der Waals surface area contributed by atoms with E-state index >= 15 is 0 Å². The molecule has 2 aromatic rings. The Hall–Kier alpha value is -1.46. The molecule has 0 spiro atoms. The van der Waals surface area contributed by atoms with Crippen molar-refractivity contribution < 1.29 is 9.53 Å². The van der Waals surface area contributed by atoms with Crippen molar-refractivity contribution in [1.29, 1.82) is 0 Å². The first-order valence-corrected chi connectivity index (χ1v) is 10.2. The Kier molecular flexibility index (Phi) is 5.74. The zero-order chi connectivity index (χ0) is 17.9. The van der Waals surface area contributed by atoms with Crippen LogP contribution in [0.15, 0.2) is 51.8 Å². The predicted octanol–water partition coefficient (Wildman–Crippen LogP) is 5.63. The molecule has 0 fully saturated rings. The SMILES string of the molecule is CC1(C)C(=O)Nc2ccc(OCCCCSc3ccc(Br)cc3)cc21. The predicted molar refractivity (Wildman–Crippen MR) is 108 cm³/mol. The van der Waals surface area contributed by atoms with Crippen LogP contribution < -0.4 is 10.1 Å². The summed E-state index contributed by atoms with van der Waals surface area (Å²) in [7, 11) is 0. The summed E-state index contributed by atoms with van der Waals surface area (Å²) < 4.78 is 6.98. The number of hydrogen-bond acceptors (Lipinski definition) is 3. The van der Waals surface area contributed by atoms with E-state index in [4.69, 9.17) is 4.74 Å². The fraction of sp³-hybridized carbons (Fsp3) is 0.350. The van der Waals surface area contributed by atoms with Gasteiger partial charge in [0, 0.05) is 15.1 Å². The number of anilines is 1. The van der Waals surface area contributed by atoms with E-state index in [2.05, 4.69) is 45.5 Å². The number of nitrogens with one attached hydrogen (secondary N) is 1. The number of amides is 1. The average Bonchev–Trinajstić information content (AvgIpc) is 2.82. The molecule has 0 saturated carbocycles. The normalized spacial score (nSPS) is 14.9. The van der Waals surface area contributed by atoms with Crippen LogP contribution in [-0.4, -0.2) is 18.3 Å². The van der Waals surface area contributed by atoms with Gasteiger partial charge < -0.3 is 10.1 Å². The summed E-state index contributed by atoms with van der Waals surface area (Å²) in [5.41, 5.74) is 1.42. The number of unbranched alkanes of at least 4 members (excludes halogenated alkanes) is 1. The van der Waals surface area contributed by atoms with Crippen molar-refractivity contribution in [2.24, 2.45) is 0 Å². The first kappa shape index (κ1) is 18.3. The van der Waals surface area contributed by atoms with Gasteiger partial charge in [0.15, 0.2) is 0 Å². The second kappa shape index (κ2) is 7.83. The van der Waals surface area contributed by atoms with E-state index in [1.165, 1.54) is 4.90 Å². The van der Waals surface area contributed by atoms with Crippen LogP contribution in [0.3, 0.4) is 0 Å². The number of ether oxygens (including phenoxy) is 1. The molecule has 3 nitrogen and oxygen atoms in total. The van der Waals surface area contributed by atoms with E-state index < -0.39 is 5.41 Å². The minimum atomic E-state index is -0.490. The molecular weight excluding hydrogens is 398 g/mol. The number of thioether (sulfide) groups is 1. The van der Waals surface area contributed by atoms with Crippen LogP contribution in [0.2, 0.25) is 0 Å². The molecule has 132 valence electrons. The Morgan fingerprint density at radius 3 is 2.64 bits per heavy atom. The maximum absolute atomic E-state index is 12.0. The minimum Gasteiger partial charge on any atom is -0.494 e. The van der Waals surface area contributed by atoms with Crippen molar-refractivity contribution in [3.05, 3.63) is 52.5 Å². The molecule has 1 N–H and O–H groups in total. The highest BCUT2D eigenvalue weighted by Crippen LogP contribution is 2.39. The fourth-order valence-electron chi connectivity index (χ4n) is 2.76. The van der Waals surface area contributed by atoms with Crippen LogP contribution in [0.4, 0.5) is 5.69 Å². The summed E-state index contributed by atoms with van der Waals surface area (Å²) in [4.78, 5) is 13.3. The molecule has 25 heavy (non-hydrogen) atoms. The van der Waals surface area contributed by atoms with Gasteiger partial charge in [0.25, 0.3) is 0 Å². The lowest BCUT2D eigenvalue weighted by molar-refractivity contribution is -0.119. The number of fused-ring (bicyclic) bond motifs is 1. The molecule has 5 heteroatoms.